The second-order valence-corrected chi connectivity index (χ2v) is 3.81. The first-order chi connectivity index (χ1) is 5.50. The molecular weight excluding hydrogens is 174 g/mol. The number of amides is 1. The average molecular weight is 185 g/mol. The summed E-state index contributed by atoms with van der Waals surface area (Å²) in [6.45, 7) is 2.91. The van der Waals surface area contributed by atoms with Gasteiger partial charge < -0.3 is 10.4 Å². The van der Waals surface area contributed by atoms with Crippen LogP contribution in [0.2, 0.25) is 0 Å². The molecule has 1 heterocycles. The first-order valence-electron chi connectivity index (χ1n) is 3.56. The highest BCUT2D eigenvalue weighted by Crippen LogP contribution is 2.13. The van der Waals surface area contributed by atoms with Crippen molar-refractivity contribution in [2.45, 2.75) is 19.4 Å². The minimum Gasteiger partial charge on any atom is -0.381 e. The summed E-state index contributed by atoms with van der Waals surface area (Å²) < 4.78 is 0. The predicted octanol–water partition coefficient (Wildman–Crippen LogP) is 1.46. The molecule has 0 saturated heterocycles. The summed E-state index contributed by atoms with van der Waals surface area (Å²) in [6, 6.07) is 1.79. The molecule has 0 aliphatic carbocycles. The Labute approximate surface area is 75.0 Å². The van der Waals surface area contributed by atoms with Gasteiger partial charge in [-0.25, -0.2) is 0 Å². The van der Waals surface area contributed by atoms with Gasteiger partial charge in [0.15, 0.2) is 0 Å². The maximum atomic E-state index is 11.2. The third-order valence-electron chi connectivity index (χ3n) is 1.33. The SMILES string of the molecule is CC(C)(O)C(=O)Nc1ccsc1. The van der Waals surface area contributed by atoms with Crippen molar-refractivity contribution in [2.24, 2.45) is 0 Å². The Morgan fingerprint density at radius 3 is 2.75 bits per heavy atom. The molecule has 0 radical (unpaired) electrons. The second-order valence-electron chi connectivity index (χ2n) is 3.03. The fourth-order valence-electron chi connectivity index (χ4n) is 0.620. The summed E-state index contributed by atoms with van der Waals surface area (Å²) in [4.78, 5) is 11.2. The molecule has 0 fully saturated rings. The molecule has 0 saturated carbocycles. The van der Waals surface area contributed by atoms with E-state index in [0.29, 0.717) is 0 Å². The largest absolute Gasteiger partial charge is 0.381 e. The molecule has 2 N–H and O–H groups in total. The maximum Gasteiger partial charge on any atom is 0.255 e. The zero-order valence-corrected chi connectivity index (χ0v) is 7.81. The van der Waals surface area contributed by atoms with Crippen LogP contribution < -0.4 is 5.32 Å². The normalized spacial score (nSPS) is 11.2. The Hall–Kier alpha value is -0.870. The summed E-state index contributed by atoms with van der Waals surface area (Å²) in [5.41, 5.74) is -0.589. The standard InChI is InChI=1S/C8H11NO2S/c1-8(2,11)7(10)9-6-3-4-12-5-6/h3-5,11H,1-2H3,(H,9,10). The second kappa shape index (κ2) is 3.25. The van der Waals surface area contributed by atoms with Crippen molar-refractivity contribution < 1.29 is 9.90 Å². The Balaban J connectivity index is 2.60. The fraction of sp³-hybridized carbons (Fsp3) is 0.375. The van der Waals surface area contributed by atoms with Crippen molar-refractivity contribution in [3.8, 4) is 0 Å². The predicted molar refractivity (Wildman–Crippen MR) is 49.2 cm³/mol. The van der Waals surface area contributed by atoms with E-state index in [4.69, 9.17) is 0 Å². The summed E-state index contributed by atoms with van der Waals surface area (Å²) in [5, 5.41) is 15.5. The third-order valence-corrected chi connectivity index (χ3v) is 2.02. The number of thiophene rings is 1. The van der Waals surface area contributed by atoms with Crippen molar-refractivity contribution in [2.75, 3.05) is 5.32 Å². The molecule has 3 nitrogen and oxygen atoms in total. The van der Waals surface area contributed by atoms with Gasteiger partial charge in [0.2, 0.25) is 0 Å². The Morgan fingerprint density at radius 1 is 1.67 bits per heavy atom. The molecule has 0 atom stereocenters. The maximum absolute atomic E-state index is 11.2. The molecule has 66 valence electrons. The van der Waals surface area contributed by atoms with Crippen LogP contribution in [0, 0.1) is 0 Å². The lowest BCUT2D eigenvalue weighted by molar-refractivity contribution is -0.130. The molecule has 12 heavy (non-hydrogen) atoms. The van der Waals surface area contributed by atoms with Crippen LogP contribution in [-0.4, -0.2) is 16.6 Å². The number of nitrogens with one attached hydrogen (secondary N) is 1. The number of hydrogen-bond donors (Lipinski definition) is 2. The third kappa shape index (κ3) is 2.32. The first-order valence-corrected chi connectivity index (χ1v) is 4.50. The molecule has 0 aliphatic heterocycles. The molecule has 1 aromatic heterocycles. The number of carbonyl (C=O) groups excluding carboxylic acids is 1. The molecule has 1 amide bonds. The number of carbonyl (C=O) groups is 1. The van der Waals surface area contributed by atoms with Gasteiger partial charge in [-0.15, -0.1) is 0 Å². The van der Waals surface area contributed by atoms with Gasteiger partial charge in [0.1, 0.15) is 5.60 Å². The Bertz CT molecular complexity index is 261. The summed E-state index contributed by atoms with van der Waals surface area (Å²) in [6.07, 6.45) is 0. The van der Waals surface area contributed by atoms with E-state index < -0.39 is 5.60 Å². The van der Waals surface area contributed by atoms with Crippen LogP contribution in [0.15, 0.2) is 16.8 Å². The molecular formula is C8H11NO2S. The van der Waals surface area contributed by atoms with Gasteiger partial charge in [0.25, 0.3) is 5.91 Å². The lowest BCUT2D eigenvalue weighted by Gasteiger charge is -2.15. The zero-order valence-electron chi connectivity index (χ0n) is 7.00. The van der Waals surface area contributed by atoms with E-state index in [1.807, 2.05) is 10.8 Å². The van der Waals surface area contributed by atoms with Crippen molar-refractivity contribution in [3.05, 3.63) is 16.8 Å². The molecule has 0 spiro atoms. The summed E-state index contributed by atoms with van der Waals surface area (Å²) in [7, 11) is 0. The van der Waals surface area contributed by atoms with Crippen LogP contribution in [0.1, 0.15) is 13.8 Å². The number of anilines is 1. The van der Waals surface area contributed by atoms with E-state index in [0.717, 1.165) is 5.69 Å². The van der Waals surface area contributed by atoms with Crippen LogP contribution in [0.25, 0.3) is 0 Å². The fourth-order valence-corrected chi connectivity index (χ4v) is 1.21. The first kappa shape index (κ1) is 9.22. The molecule has 4 heteroatoms. The number of rotatable bonds is 2. The zero-order chi connectivity index (χ0) is 9.19. The van der Waals surface area contributed by atoms with Gasteiger partial charge in [0.05, 0.1) is 5.69 Å². The highest BCUT2D eigenvalue weighted by Gasteiger charge is 2.23. The summed E-state index contributed by atoms with van der Waals surface area (Å²) >= 11 is 1.50. The van der Waals surface area contributed by atoms with Gasteiger partial charge in [0, 0.05) is 5.38 Å². The van der Waals surface area contributed by atoms with Crippen LogP contribution in [-0.2, 0) is 4.79 Å². The van der Waals surface area contributed by atoms with Gasteiger partial charge in [-0.1, -0.05) is 0 Å². The molecule has 1 aromatic rings. The minimum absolute atomic E-state index is 0.388. The van der Waals surface area contributed by atoms with Crippen LogP contribution in [0.4, 0.5) is 5.69 Å². The lowest BCUT2D eigenvalue weighted by Crippen LogP contribution is -2.36. The average Bonchev–Trinajstić information content (AvgIpc) is 2.37. The van der Waals surface area contributed by atoms with Crippen molar-refractivity contribution in [3.63, 3.8) is 0 Å². The van der Waals surface area contributed by atoms with E-state index in [9.17, 15) is 9.90 Å². The molecule has 1 rings (SSSR count). The van der Waals surface area contributed by atoms with Crippen molar-refractivity contribution >= 4 is 22.9 Å². The van der Waals surface area contributed by atoms with Crippen LogP contribution in [0.3, 0.4) is 0 Å². The topological polar surface area (TPSA) is 49.3 Å². The monoisotopic (exact) mass is 185 g/mol. The van der Waals surface area contributed by atoms with E-state index in [1.165, 1.54) is 25.2 Å². The van der Waals surface area contributed by atoms with E-state index in [-0.39, 0.29) is 5.91 Å². The van der Waals surface area contributed by atoms with E-state index in [1.54, 1.807) is 6.07 Å². The van der Waals surface area contributed by atoms with Gasteiger partial charge >= 0.3 is 0 Å². The molecule has 0 aromatic carbocycles. The quantitative estimate of drug-likeness (QED) is 0.732. The van der Waals surface area contributed by atoms with E-state index in [2.05, 4.69) is 5.32 Å². The lowest BCUT2D eigenvalue weighted by atomic mass is 10.1. The van der Waals surface area contributed by atoms with Crippen molar-refractivity contribution in [1.29, 1.82) is 0 Å². The van der Waals surface area contributed by atoms with Crippen molar-refractivity contribution in [1.82, 2.24) is 0 Å². The highest BCUT2D eigenvalue weighted by molar-refractivity contribution is 7.08. The van der Waals surface area contributed by atoms with Gasteiger partial charge in [-0.2, -0.15) is 11.3 Å². The number of hydrogen-bond acceptors (Lipinski definition) is 3. The number of aliphatic hydroxyl groups is 1. The van der Waals surface area contributed by atoms with Gasteiger partial charge in [-0.3, -0.25) is 4.79 Å². The van der Waals surface area contributed by atoms with Crippen LogP contribution >= 0.6 is 11.3 Å². The molecule has 0 bridgehead atoms. The highest BCUT2D eigenvalue weighted by atomic mass is 32.1. The van der Waals surface area contributed by atoms with E-state index >= 15 is 0 Å². The Morgan fingerprint density at radius 2 is 2.33 bits per heavy atom. The minimum atomic E-state index is -1.32. The van der Waals surface area contributed by atoms with Crippen LogP contribution in [0.5, 0.6) is 0 Å². The molecule has 0 unspecified atom stereocenters. The van der Waals surface area contributed by atoms with Gasteiger partial charge in [-0.05, 0) is 25.3 Å². The summed E-state index contributed by atoms with van der Waals surface area (Å²) in [5.74, 6) is -0.388. The Kier molecular flexibility index (Phi) is 2.49. The molecule has 0 aliphatic rings. The smallest absolute Gasteiger partial charge is 0.255 e.